The van der Waals surface area contributed by atoms with E-state index in [0.29, 0.717) is 11.7 Å². The van der Waals surface area contributed by atoms with Gasteiger partial charge in [-0.1, -0.05) is 34.1 Å². The van der Waals surface area contributed by atoms with E-state index in [-0.39, 0.29) is 0 Å². The zero-order valence-corrected chi connectivity index (χ0v) is 14.5. The number of halogens is 1. The van der Waals surface area contributed by atoms with Crippen LogP contribution in [0.2, 0.25) is 0 Å². The van der Waals surface area contributed by atoms with E-state index in [0.717, 1.165) is 10.2 Å². The van der Waals surface area contributed by atoms with Crippen LogP contribution in [-0.2, 0) is 6.54 Å². The first-order chi connectivity index (χ1) is 10.0. The molecule has 0 saturated carbocycles. The molecule has 0 aromatic heterocycles. The quantitative estimate of drug-likeness (QED) is 0.802. The second-order valence-electron chi connectivity index (χ2n) is 4.88. The minimum absolute atomic E-state index is 0.616. The molecule has 21 heavy (non-hydrogen) atoms. The van der Waals surface area contributed by atoms with E-state index in [4.69, 9.17) is 12.2 Å². The molecule has 0 spiro atoms. The Morgan fingerprint density at radius 2 is 1.86 bits per heavy atom. The van der Waals surface area contributed by atoms with Gasteiger partial charge in [-0.2, -0.15) is 0 Å². The molecule has 3 nitrogen and oxygen atoms in total. The summed E-state index contributed by atoms with van der Waals surface area (Å²) in [4.78, 5) is 2.08. The van der Waals surface area contributed by atoms with Gasteiger partial charge in [-0.25, -0.2) is 0 Å². The van der Waals surface area contributed by atoms with Crippen molar-refractivity contribution < 1.29 is 0 Å². The van der Waals surface area contributed by atoms with Gasteiger partial charge in [-0.05, 0) is 48.1 Å². The predicted octanol–water partition coefficient (Wildman–Crippen LogP) is 4.00. The molecule has 0 radical (unpaired) electrons. The molecule has 0 atom stereocenters. The zero-order chi connectivity index (χ0) is 15.2. The molecule has 0 saturated heterocycles. The van der Waals surface area contributed by atoms with Crippen LogP contribution in [0, 0.1) is 0 Å². The number of nitrogens with one attached hydrogen (secondary N) is 2. The number of hydrogen-bond acceptors (Lipinski definition) is 2. The summed E-state index contributed by atoms with van der Waals surface area (Å²) in [5, 5.41) is 6.99. The third-order valence-corrected chi connectivity index (χ3v) is 3.73. The first-order valence-electron chi connectivity index (χ1n) is 6.61. The second kappa shape index (κ2) is 7.43. The van der Waals surface area contributed by atoms with Gasteiger partial charge >= 0.3 is 0 Å². The summed E-state index contributed by atoms with van der Waals surface area (Å²) in [6.07, 6.45) is 0. The van der Waals surface area contributed by atoms with E-state index in [1.807, 2.05) is 38.4 Å². The lowest BCUT2D eigenvalue weighted by Crippen LogP contribution is -2.27. The molecule has 0 amide bonds. The minimum atomic E-state index is 0.616. The van der Waals surface area contributed by atoms with Gasteiger partial charge in [0.05, 0.1) is 0 Å². The summed E-state index contributed by atoms with van der Waals surface area (Å²) in [6, 6.07) is 16.3. The Kier molecular flexibility index (Phi) is 5.59. The molecular formula is C16H18BrN3S. The fourth-order valence-electron chi connectivity index (χ4n) is 1.84. The fourth-order valence-corrected chi connectivity index (χ4v) is 2.43. The zero-order valence-electron chi connectivity index (χ0n) is 12.1. The number of thiocarbonyl (C=S) groups is 1. The minimum Gasteiger partial charge on any atom is -0.378 e. The van der Waals surface area contributed by atoms with Crippen molar-refractivity contribution >= 4 is 44.6 Å². The van der Waals surface area contributed by atoms with Crippen LogP contribution >= 0.6 is 28.1 Å². The van der Waals surface area contributed by atoms with Gasteiger partial charge in [-0.3, -0.25) is 0 Å². The van der Waals surface area contributed by atoms with Crippen LogP contribution in [-0.4, -0.2) is 19.2 Å². The van der Waals surface area contributed by atoms with E-state index in [2.05, 4.69) is 55.7 Å². The van der Waals surface area contributed by atoms with Crippen LogP contribution in [0.25, 0.3) is 0 Å². The number of anilines is 2. The SMILES string of the molecule is CN(C)c1ccc(CNC(=S)Nc2cccc(Br)c2)cc1. The summed E-state index contributed by atoms with van der Waals surface area (Å²) >= 11 is 8.74. The van der Waals surface area contributed by atoms with E-state index < -0.39 is 0 Å². The van der Waals surface area contributed by atoms with Crippen molar-refractivity contribution in [2.75, 3.05) is 24.3 Å². The van der Waals surface area contributed by atoms with Gasteiger partial charge in [0.1, 0.15) is 0 Å². The Bertz CT molecular complexity index is 611. The van der Waals surface area contributed by atoms with Crippen molar-refractivity contribution in [1.29, 1.82) is 0 Å². The third-order valence-electron chi connectivity index (χ3n) is 2.99. The average Bonchev–Trinajstić information content (AvgIpc) is 2.45. The molecule has 0 bridgehead atoms. The Morgan fingerprint density at radius 1 is 1.14 bits per heavy atom. The fraction of sp³-hybridized carbons (Fsp3) is 0.188. The van der Waals surface area contributed by atoms with Gasteiger partial charge in [0, 0.05) is 36.5 Å². The summed E-state index contributed by atoms with van der Waals surface area (Å²) in [6.45, 7) is 0.702. The lowest BCUT2D eigenvalue weighted by molar-refractivity contribution is 0.925. The monoisotopic (exact) mass is 363 g/mol. The topological polar surface area (TPSA) is 27.3 Å². The summed E-state index contributed by atoms with van der Waals surface area (Å²) in [5.74, 6) is 0. The van der Waals surface area contributed by atoms with Crippen molar-refractivity contribution in [3.05, 3.63) is 58.6 Å². The first kappa shape index (κ1) is 15.8. The van der Waals surface area contributed by atoms with E-state index >= 15 is 0 Å². The molecule has 0 heterocycles. The summed E-state index contributed by atoms with van der Waals surface area (Å²) in [7, 11) is 4.06. The van der Waals surface area contributed by atoms with Crippen LogP contribution in [0.4, 0.5) is 11.4 Å². The molecular weight excluding hydrogens is 346 g/mol. The maximum Gasteiger partial charge on any atom is 0.171 e. The van der Waals surface area contributed by atoms with Crippen LogP contribution < -0.4 is 15.5 Å². The second-order valence-corrected chi connectivity index (χ2v) is 6.20. The van der Waals surface area contributed by atoms with Gasteiger partial charge in [-0.15, -0.1) is 0 Å². The molecule has 110 valence electrons. The molecule has 2 aromatic rings. The molecule has 2 rings (SSSR count). The highest BCUT2D eigenvalue weighted by Gasteiger charge is 2.00. The van der Waals surface area contributed by atoms with Crippen molar-refractivity contribution in [3.8, 4) is 0 Å². The van der Waals surface area contributed by atoms with E-state index in [1.165, 1.54) is 11.3 Å². The highest BCUT2D eigenvalue weighted by atomic mass is 79.9. The van der Waals surface area contributed by atoms with E-state index in [9.17, 15) is 0 Å². The first-order valence-corrected chi connectivity index (χ1v) is 7.81. The molecule has 0 aliphatic carbocycles. The highest BCUT2D eigenvalue weighted by Crippen LogP contribution is 2.15. The third kappa shape index (κ3) is 5.02. The molecule has 5 heteroatoms. The number of rotatable bonds is 4. The molecule has 2 aromatic carbocycles. The highest BCUT2D eigenvalue weighted by molar-refractivity contribution is 9.10. The Morgan fingerprint density at radius 3 is 2.48 bits per heavy atom. The summed E-state index contributed by atoms with van der Waals surface area (Å²) in [5.41, 5.74) is 3.34. The maximum absolute atomic E-state index is 5.30. The van der Waals surface area contributed by atoms with Gasteiger partial charge in [0.15, 0.2) is 5.11 Å². The summed E-state index contributed by atoms with van der Waals surface area (Å²) < 4.78 is 1.02. The molecule has 0 fully saturated rings. The standard InChI is InChI=1S/C16H18BrN3S/c1-20(2)15-8-6-12(7-9-15)11-18-16(21)19-14-5-3-4-13(17)10-14/h3-10H,11H2,1-2H3,(H2,18,19,21). The Balaban J connectivity index is 1.86. The lowest BCUT2D eigenvalue weighted by atomic mass is 10.2. The van der Waals surface area contributed by atoms with Gasteiger partial charge in [0.2, 0.25) is 0 Å². The van der Waals surface area contributed by atoms with Crippen molar-refractivity contribution in [2.24, 2.45) is 0 Å². The maximum atomic E-state index is 5.30. The Labute approximate surface area is 139 Å². The van der Waals surface area contributed by atoms with Gasteiger partial charge < -0.3 is 15.5 Å². The van der Waals surface area contributed by atoms with E-state index in [1.54, 1.807) is 0 Å². The van der Waals surface area contributed by atoms with Crippen molar-refractivity contribution in [1.82, 2.24) is 5.32 Å². The normalized spacial score (nSPS) is 10.0. The Hall–Kier alpha value is -1.59. The average molecular weight is 364 g/mol. The van der Waals surface area contributed by atoms with Crippen molar-refractivity contribution in [3.63, 3.8) is 0 Å². The van der Waals surface area contributed by atoms with Crippen LogP contribution in [0.15, 0.2) is 53.0 Å². The predicted molar refractivity (Wildman–Crippen MR) is 98.0 cm³/mol. The van der Waals surface area contributed by atoms with Crippen LogP contribution in [0.1, 0.15) is 5.56 Å². The van der Waals surface area contributed by atoms with Gasteiger partial charge in [0.25, 0.3) is 0 Å². The van der Waals surface area contributed by atoms with Crippen LogP contribution in [0.3, 0.4) is 0 Å². The van der Waals surface area contributed by atoms with Crippen LogP contribution in [0.5, 0.6) is 0 Å². The molecule has 2 N–H and O–H groups in total. The smallest absolute Gasteiger partial charge is 0.171 e. The largest absolute Gasteiger partial charge is 0.378 e. The molecule has 0 aliphatic heterocycles. The number of nitrogens with zero attached hydrogens (tertiary/aromatic N) is 1. The number of benzene rings is 2. The molecule has 0 unspecified atom stereocenters. The lowest BCUT2D eigenvalue weighted by Gasteiger charge is -2.14. The molecule has 0 aliphatic rings. The number of hydrogen-bond donors (Lipinski definition) is 2. The van der Waals surface area contributed by atoms with Crippen molar-refractivity contribution in [2.45, 2.75) is 6.54 Å².